The van der Waals surface area contributed by atoms with E-state index in [-0.39, 0.29) is 18.4 Å². The lowest BCUT2D eigenvalue weighted by Gasteiger charge is -1.97. The van der Waals surface area contributed by atoms with Gasteiger partial charge >= 0.3 is 5.97 Å². The molecule has 0 bridgehead atoms. The first-order valence-corrected chi connectivity index (χ1v) is 4.30. The summed E-state index contributed by atoms with van der Waals surface area (Å²) in [4.78, 5) is 36.5. The molecule has 0 radical (unpaired) electrons. The van der Waals surface area contributed by atoms with E-state index in [1.807, 2.05) is 0 Å². The van der Waals surface area contributed by atoms with Crippen molar-refractivity contribution >= 4 is 17.5 Å². The molecule has 1 N–H and O–H groups in total. The van der Waals surface area contributed by atoms with Crippen molar-refractivity contribution in [1.82, 2.24) is 4.98 Å². The molecule has 0 aliphatic carbocycles. The van der Waals surface area contributed by atoms with Crippen LogP contribution >= 0.6 is 0 Å². The lowest BCUT2D eigenvalue weighted by Crippen LogP contribution is -2.15. The molecular weight excluding hydrogens is 198 g/mol. The summed E-state index contributed by atoms with van der Waals surface area (Å²) >= 11 is 0. The molecule has 0 unspecified atom stereocenters. The Labute approximate surface area is 85.8 Å². The van der Waals surface area contributed by atoms with Gasteiger partial charge in [-0.3, -0.25) is 19.4 Å². The highest BCUT2D eigenvalue weighted by Crippen LogP contribution is 2.02. The first-order chi connectivity index (χ1) is 7.11. The molecule has 1 aromatic heterocycles. The SMILES string of the molecule is O=C(O)CCC(=O)C(=O)c1cccnc1. The van der Waals surface area contributed by atoms with E-state index in [1.165, 1.54) is 24.5 Å². The zero-order valence-corrected chi connectivity index (χ0v) is 7.84. The van der Waals surface area contributed by atoms with Crippen molar-refractivity contribution in [3.8, 4) is 0 Å². The number of Topliss-reactive ketones (excluding diaryl/α,β-unsaturated/α-hetero) is 2. The Bertz CT molecular complexity index is 386. The summed E-state index contributed by atoms with van der Waals surface area (Å²) in [5, 5.41) is 8.34. The molecular formula is C10H9NO4. The highest BCUT2D eigenvalue weighted by Gasteiger charge is 2.16. The van der Waals surface area contributed by atoms with E-state index in [0.29, 0.717) is 0 Å². The number of aliphatic carboxylic acids is 1. The van der Waals surface area contributed by atoms with Crippen LogP contribution in [0.15, 0.2) is 24.5 Å². The zero-order valence-electron chi connectivity index (χ0n) is 7.84. The van der Waals surface area contributed by atoms with Gasteiger partial charge in [0.25, 0.3) is 0 Å². The molecule has 0 spiro atoms. The quantitative estimate of drug-likeness (QED) is 0.567. The molecule has 0 atom stereocenters. The second-order valence-electron chi connectivity index (χ2n) is 2.89. The van der Waals surface area contributed by atoms with Crippen LogP contribution in [0.1, 0.15) is 23.2 Å². The predicted octanol–water partition coefficient (Wildman–Crippen LogP) is 0.698. The zero-order chi connectivity index (χ0) is 11.3. The van der Waals surface area contributed by atoms with Gasteiger partial charge in [0.1, 0.15) is 0 Å². The van der Waals surface area contributed by atoms with Gasteiger partial charge in [-0.2, -0.15) is 0 Å². The van der Waals surface area contributed by atoms with Crippen LogP contribution in [-0.4, -0.2) is 27.6 Å². The van der Waals surface area contributed by atoms with Crippen molar-refractivity contribution in [2.45, 2.75) is 12.8 Å². The number of carboxylic acids is 1. The summed E-state index contributed by atoms with van der Waals surface area (Å²) in [5.41, 5.74) is 0.188. The molecule has 78 valence electrons. The molecule has 1 aromatic rings. The maximum absolute atomic E-state index is 11.4. The third-order valence-corrected chi connectivity index (χ3v) is 1.74. The van der Waals surface area contributed by atoms with Crippen LogP contribution in [0.25, 0.3) is 0 Å². The molecule has 0 aliphatic rings. The molecule has 5 heteroatoms. The first-order valence-electron chi connectivity index (χ1n) is 4.30. The van der Waals surface area contributed by atoms with Crippen LogP contribution in [0.4, 0.5) is 0 Å². The molecule has 0 amide bonds. The van der Waals surface area contributed by atoms with Gasteiger partial charge in [-0.1, -0.05) is 0 Å². The molecule has 0 aromatic carbocycles. The van der Waals surface area contributed by atoms with Gasteiger partial charge in [0.2, 0.25) is 11.6 Å². The average Bonchev–Trinajstić information content (AvgIpc) is 2.26. The average molecular weight is 207 g/mol. The van der Waals surface area contributed by atoms with Crippen molar-refractivity contribution in [2.75, 3.05) is 0 Å². The lowest BCUT2D eigenvalue weighted by molar-refractivity contribution is -0.138. The highest BCUT2D eigenvalue weighted by atomic mass is 16.4. The van der Waals surface area contributed by atoms with E-state index in [4.69, 9.17) is 5.11 Å². The topological polar surface area (TPSA) is 84.3 Å². The molecule has 15 heavy (non-hydrogen) atoms. The Hall–Kier alpha value is -2.04. The Balaban J connectivity index is 2.62. The maximum atomic E-state index is 11.4. The van der Waals surface area contributed by atoms with Crippen LogP contribution in [0, 0.1) is 0 Å². The summed E-state index contributed by atoms with van der Waals surface area (Å²) in [6, 6.07) is 3.01. The van der Waals surface area contributed by atoms with Crippen LogP contribution in [0.3, 0.4) is 0 Å². The standard InChI is InChI=1S/C10H9NO4/c12-8(3-4-9(13)14)10(15)7-2-1-5-11-6-7/h1-2,5-6H,3-4H2,(H,13,14). The summed E-state index contributed by atoms with van der Waals surface area (Å²) in [7, 11) is 0. The Morgan fingerprint density at radius 1 is 1.27 bits per heavy atom. The number of hydrogen-bond acceptors (Lipinski definition) is 4. The number of rotatable bonds is 5. The van der Waals surface area contributed by atoms with E-state index in [0.717, 1.165) is 0 Å². The van der Waals surface area contributed by atoms with Crippen molar-refractivity contribution in [3.05, 3.63) is 30.1 Å². The Kier molecular flexibility index (Phi) is 3.68. The van der Waals surface area contributed by atoms with Crippen molar-refractivity contribution in [3.63, 3.8) is 0 Å². The smallest absolute Gasteiger partial charge is 0.303 e. The van der Waals surface area contributed by atoms with E-state index in [1.54, 1.807) is 0 Å². The van der Waals surface area contributed by atoms with Gasteiger partial charge in [0.15, 0.2) is 0 Å². The molecule has 5 nitrogen and oxygen atoms in total. The minimum atomic E-state index is -1.10. The Morgan fingerprint density at radius 2 is 2.00 bits per heavy atom. The summed E-state index contributed by atoms with van der Waals surface area (Å²) < 4.78 is 0. The maximum Gasteiger partial charge on any atom is 0.303 e. The fourth-order valence-electron chi connectivity index (χ4n) is 0.992. The number of carboxylic acid groups (broad SMARTS) is 1. The minimum Gasteiger partial charge on any atom is -0.481 e. The molecule has 0 fully saturated rings. The number of carbonyl (C=O) groups is 3. The number of hydrogen-bond donors (Lipinski definition) is 1. The van der Waals surface area contributed by atoms with E-state index in [9.17, 15) is 14.4 Å². The summed E-state index contributed by atoms with van der Waals surface area (Å²) in [6.45, 7) is 0. The van der Waals surface area contributed by atoms with Gasteiger partial charge in [-0.25, -0.2) is 0 Å². The largest absolute Gasteiger partial charge is 0.481 e. The number of aromatic nitrogens is 1. The fourth-order valence-corrected chi connectivity index (χ4v) is 0.992. The third kappa shape index (κ3) is 3.30. The van der Waals surface area contributed by atoms with Crippen molar-refractivity contribution < 1.29 is 19.5 Å². The van der Waals surface area contributed by atoms with Crippen molar-refractivity contribution in [2.24, 2.45) is 0 Å². The summed E-state index contributed by atoms with van der Waals surface area (Å²) in [5.74, 6) is -2.49. The van der Waals surface area contributed by atoms with E-state index < -0.39 is 17.5 Å². The normalized spacial score (nSPS) is 9.60. The molecule has 0 aliphatic heterocycles. The second-order valence-corrected chi connectivity index (χ2v) is 2.89. The predicted molar refractivity (Wildman–Crippen MR) is 50.4 cm³/mol. The first kappa shape index (κ1) is 11.0. The van der Waals surface area contributed by atoms with Crippen LogP contribution in [0.5, 0.6) is 0 Å². The lowest BCUT2D eigenvalue weighted by atomic mass is 10.1. The summed E-state index contributed by atoms with van der Waals surface area (Å²) in [6.07, 6.45) is 2.16. The molecule has 1 rings (SSSR count). The number of carbonyl (C=O) groups excluding carboxylic acids is 2. The number of ketones is 2. The number of nitrogens with zero attached hydrogens (tertiary/aromatic N) is 1. The van der Waals surface area contributed by atoms with Gasteiger partial charge in [0, 0.05) is 24.4 Å². The van der Waals surface area contributed by atoms with E-state index >= 15 is 0 Å². The molecule has 0 saturated carbocycles. The Morgan fingerprint density at radius 3 is 2.53 bits per heavy atom. The number of pyridine rings is 1. The monoisotopic (exact) mass is 207 g/mol. The van der Waals surface area contributed by atoms with Gasteiger partial charge < -0.3 is 5.11 Å². The molecule has 1 heterocycles. The third-order valence-electron chi connectivity index (χ3n) is 1.74. The van der Waals surface area contributed by atoms with Crippen LogP contribution in [0.2, 0.25) is 0 Å². The van der Waals surface area contributed by atoms with Crippen molar-refractivity contribution in [1.29, 1.82) is 0 Å². The van der Waals surface area contributed by atoms with Gasteiger partial charge in [0.05, 0.1) is 6.42 Å². The minimum absolute atomic E-state index is 0.188. The second kappa shape index (κ2) is 4.99. The highest BCUT2D eigenvalue weighted by molar-refractivity contribution is 6.43. The van der Waals surface area contributed by atoms with Crippen LogP contribution in [-0.2, 0) is 9.59 Å². The van der Waals surface area contributed by atoms with E-state index in [2.05, 4.69) is 4.98 Å². The fraction of sp³-hybridized carbons (Fsp3) is 0.200. The van der Waals surface area contributed by atoms with Gasteiger partial charge in [-0.05, 0) is 12.1 Å². The van der Waals surface area contributed by atoms with Gasteiger partial charge in [-0.15, -0.1) is 0 Å². The van der Waals surface area contributed by atoms with Crippen LogP contribution < -0.4 is 0 Å². The molecule has 0 saturated heterocycles.